The Hall–Kier alpha value is -0.770. The fourth-order valence-electron chi connectivity index (χ4n) is 0.860. The fourth-order valence-corrected chi connectivity index (χ4v) is 0.860. The van der Waals surface area contributed by atoms with E-state index in [1.54, 1.807) is 0 Å². The van der Waals surface area contributed by atoms with E-state index in [4.69, 9.17) is 5.11 Å². The van der Waals surface area contributed by atoms with E-state index >= 15 is 0 Å². The number of rotatable bonds is 5. The van der Waals surface area contributed by atoms with Crippen LogP contribution in [0.5, 0.6) is 0 Å². The molecule has 0 heterocycles. The molecule has 0 aromatic rings. The van der Waals surface area contributed by atoms with Gasteiger partial charge < -0.3 is 14.7 Å². The lowest BCUT2D eigenvalue weighted by atomic mass is 10.5. The number of carboxylic acid groups (broad SMARTS) is 1. The molecule has 1 N–H and O–H groups in total. The quantitative estimate of drug-likeness (QED) is 0.700. The SMILES string of the molecule is CCCOC(=O)O.CCN(CC)CC. The van der Waals surface area contributed by atoms with Gasteiger partial charge in [0.05, 0.1) is 6.61 Å². The Labute approximate surface area is 86.9 Å². The van der Waals surface area contributed by atoms with Gasteiger partial charge >= 0.3 is 6.16 Å². The monoisotopic (exact) mass is 205 g/mol. The lowest BCUT2D eigenvalue weighted by molar-refractivity contribution is 0.0918. The zero-order chi connectivity index (χ0) is 11.4. The first-order chi connectivity index (χ1) is 6.62. The van der Waals surface area contributed by atoms with Gasteiger partial charge in [-0.05, 0) is 26.1 Å². The summed E-state index contributed by atoms with van der Waals surface area (Å²) < 4.78 is 4.11. The summed E-state index contributed by atoms with van der Waals surface area (Å²) in [6.45, 7) is 12.3. The highest BCUT2D eigenvalue weighted by Crippen LogP contribution is 1.81. The molecule has 0 aromatic carbocycles. The third-order valence-corrected chi connectivity index (χ3v) is 1.77. The average Bonchev–Trinajstić information content (AvgIpc) is 2.18. The molecule has 4 nitrogen and oxygen atoms in total. The van der Waals surface area contributed by atoms with Crippen LogP contribution in [0.2, 0.25) is 0 Å². The highest BCUT2D eigenvalue weighted by molar-refractivity contribution is 5.56. The van der Waals surface area contributed by atoms with E-state index in [0.717, 1.165) is 6.42 Å². The maximum Gasteiger partial charge on any atom is 0.505 e. The van der Waals surface area contributed by atoms with Gasteiger partial charge in [-0.3, -0.25) is 0 Å². The molecule has 0 aromatic heterocycles. The van der Waals surface area contributed by atoms with Crippen LogP contribution in [0.25, 0.3) is 0 Å². The number of hydrogen-bond acceptors (Lipinski definition) is 3. The van der Waals surface area contributed by atoms with Crippen LogP contribution in [0.3, 0.4) is 0 Å². The largest absolute Gasteiger partial charge is 0.505 e. The molecule has 0 bridgehead atoms. The molecule has 0 unspecified atom stereocenters. The zero-order valence-corrected chi connectivity index (χ0v) is 9.75. The van der Waals surface area contributed by atoms with Crippen molar-refractivity contribution in [3.05, 3.63) is 0 Å². The Balaban J connectivity index is 0. The summed E-state index contributed by atoms with van der Waals surface area (Å²) in [5.41, 5.74) is 0. The van der Waals surface area contributed by atoms with Crippen molar-refractivity contribution in [1.82, 2.24) is 4.90 Å². The molecule has 0 aliphatic heterocycles. The first kappa shape index (κ1) is 15.7. The Morgan fingerprint density at radius 3 is 1.64 bits per heavy atom. The molecule has 4 heteroatoms. The second-order valence-corrected chi connectivity index (χ2v) is 2.73. The van der Waals surface area contributed by atoms with Gasteiger partial charge in [-0.25, -0.2) is 4.79 Å². The van der Waals surface area contributed by atoms with Crippen LogP contribution in [0.15, 0.2) is 0 Å². The predicted molar refractivity (Wildman–Crippen MR) is 57.7 cm³/mol. The van der Waals surface area contributed by atoms with Gasteiger partial charge in [0.1, 0.15) is 0 Å². The third-order valence-electron chi connectivity index (χ3n) is 1.77. The lowest BCUT2D eigenvalue weighted by Gasteiger charge is -2.13. The first-order valence-corrected chi connectivity index (χ1v) is 5.20. The summed E-state index contributed by atoms with van der Waals surface area (Å²) >= 11 is 0. The van der Waals surface area contributed by atoms with Gasteiger partial charge in [-0.15, -0.1) is 0 Å². The minimum absolute atomic E-state index is 0.301. The molecule has 0 saturated heterocycles. The van der Waals surface area contributed by atoms with Crippen molar-refractivity contribution in [2.75, 3.05) is 26.2 Å². The number of nitrogens with zero attached hydrogens (tertiary/aromatic N) is 1. The summed E-state index contributed by atoms with van der Waals surface area (Å²) in [4.78, 5) is 11.9. The lowest BCUT2D eigenvalue weighted by Crippen LogP contribution is -2.21. The molecule has 0 amide bonds. The van der Waals surface area contributed by atoms with Crippen molar-refractivity contribution in [3.63, 3.8) is 0 Å². The summed E-state index contributed by atoms with van der Waals surface area (Å²) in [6.07, 6.45) is -0.450. The molecule has 0 atom stereocenters. The summed E-state index contributed by atoms with van der Waals surface area (Å²) in [6, 6.07) is 0. The van der Waals surface area contributed by atoms with Gasteiger partial charge in [-0.2, -0.15) is 0 Å². The molecule has 86 valence electrons. The maximum atomic E-state index is 9.54. The molecular weight excluding hydrogens is 182 g/mol. The topological polar surface area (TPSA) is 49.8 Å². The minimum atomic E-state index is -1.19. The summed E-state index contributed by atoms with van der Waals surface area (Å²) in [5, 5.41) is 7.82. The van der Waals surface area contributed by atoms with E-state index < -0.39 is 6.16 Å². The van der Waals surface area contributed by atoms with Crippen molar-refractivity contribution in [3.8, 4) is 0 Å². The highest BCUT2D eigenvalue weighted by Gasteiger charge is 1.90. The molecule has 0 fully saturated rings. The molecule has 14 heavy (non-hydrogen) atoms. The van der Waals surface area contributed by atoms with Crippen molar-refractivity contribution in [2.24, 2.45) is 0 Å². The molecule has 0 aliphatic carbocycles. The van der Waals surface area contributed by atoms with Crippen LogP contribution in [0.1, 0.15) is 34.1 Å². The van der Waals surface area contributed by atoms with Crippen LogP contribution in [-0.4, -0.2) is 42.4 Å². The van der Waals surface area contributed by atoms with Crippen LogP contribution < -0.4 is 0 Å². The van der Waals surface area contributed by atoms with Gasteiger partial charge in [0, 0.05) is 0 Å². The predicted octanol–water partition coefficient (Wildman–Crippen LogP) is 2.44. The van der Waals surface area contributed by atoms with E-state index in [1.807, 2.05) is 6.92 Å². The van der Waals surface area contributed by atoms with E-state index in [-0.39, 0.29) is 0 Å². The van der Waals surface area contributed by atoms with Gasteiger partial charge in [0.15, 0.2) is 0 Å². The number of hydrogen-bond donors (Lipinski definition) is 1. The Morgan fingerprint density at radius 1 is 1.14 bits per heavy atom. The minimum Gasteiger partial charge on any atom is -0.450 e. The second kappa shape index (κ2) is 12.2. The Kier molecular flexibility index (Phi) is 13.7. The molecular formula is C10H23NO3. The Bertz CT molecular complexity index is 119. The molecule has 0 rings (SSSR count). The fraction of sp³-hybridized carbons (Fsp3) is 0.900. The van der Waals surface area contributed by atoms with Crippen LogP contribution >= 0.6 is 0 Å². The van der Waals surface area contributed by atoms with E-state index in [2.05, 4.69) is 30.4 Å². The van der Waals surface area contributed by atoms with E-state index in [9.17, 15) is 4.79 Å². The first-order valence-electron chi connectivity index (χ1n) is 5.20. The molecule has 0 spiro atoms. The normalized spacial score (nSPS) is 9.21. The smallest absolute Gasteiger partial charge is 0.450 e. The second-order valence-electron chi connectivity index (χ2n) is 2.73. The third kappa shape index (κ3) is 13.8. The van der Waals surface area contributed by atoms with Crippen LogP contribution in [0.4, 0.5) is 4.79 Å². The van der Waals surface area contributed by atoms with E-state index in [0.29, 0.717) is 6.61 Å². The highest BCUT2D eigenvalue weighted by atomic mass is 16.7. The average molecular weight is 205 g/mol. The molecule has 0 radical (unpaired) electrons. The van der Waals surface area contributed by atoms with Gasteiger partial charge in [0.25, 0.3) is 0 Å². The molecule has 0 aliphatic rings. The number of carbonyl (C=O) groups is 1. The molecule has 0 saturated carbocycles. The van der Waals surface area contributed by atoms with Crippen molar-refractivity contribution in [1.29, 1.82) is 0 Å². The van der Waals surface area contributed by atoms with Crippen molar-refractivity contribution in [2.45, 2.75) is 34.1 Å². The number of ether oxygens (including phenoxy) is 1. The van der Waals surface area contributed by atoms with E-state index in [1.165, 1.54) is 19.6 Å². The standard InChI is InChI=1S/C6H15N.C4H8O3/c1-4-7(5-2)6-3;1-2-3-7-4(5)6/h4-6H2,1-3H3;2-3H2,1H3,(H,5,6). The Morgan fingerprint density at radius 2 is 1.57 bits per heavy atom. The van der Waals surface area contributed by atoms with Gasteiger partial charge in [0.2, 0.25) is 0 Å². The van der Waals surface area contributed by atoms with Crippen LogP contribution in [-0.2, 0) is 4.74 Å². The summed E-state index contributed by atoms with van der Waals surface area (Å²) in [7, 11) is 0. The van der Waals surface area contributed by atoms with Crippen molar-refractivity contribution >= 4 is 6.16 Å². The maximum absolute atomic E-state index is 9.54. The summed E-state index contributed by atoms with van der Waals surface area (Å²) in [5.74, 6) is 0. The van der Waals surface area contributed by atoms with Gasteiger partial charge in [-0.1, -0.05) is 27.7 Å². The van der Waals surface area contributed by atoms with Crippen molar-refractivity contribution < 1.29 is 14.6 Å². The zero-order valence-electron chi connectivity index (χ0n) is 9.75. The van der Waals surface area contributed by atoms with Crippen LogP contribution in [0, 0.1) is 0 Å².